The zero-order valence-corrected chi connectivity index (χ0v) is 14.6. The van der Waals surface area contributed by atoms with Crippen molar-refractivity contribution >= 4 is 0 Å². The Bertz CT molecular complexity index is 705. The molecule has 8 nitrogen and oxygen atoms in total. The average Bonchev–Trinajstić information content (AvgIpc) is 2.96. The molecule has 24 heavy (non-hydrogen) atoms. The van der Waals surface area contributed by atoms with E-state index < -0.39 is 0 Å². The highest BCUT2D eigenvalue weighted by atomic mass is 16.4. The fourth-order valence-corrected chi connectivity index (χ4v) is 3.47. The molecule has 0 spiro atoms. The molecule has 2 aliphatic rings. The van der Waals surface area contributed by atoms with Crippen LogP contribution in [0.5, 0.6) is 0 Å². The number of aryl methyl sites for hydroxylation is 1. The number of likely N-dealkylation sites (N-methyl/N-ethyl adjacent to an activating group) is 1. The molecule has 0 aromatic carbocycles. The van der Waals surface area contributed by atoms with Crippen molar-refractivity contribution in [3.05, 3.63) is 23.4 Å². The number of rotatable bonds is 6. The third-order valence-electron chi connectivity index (χ3n) is 5.13. The van der Waals surface area contributed by atoms with E-state index in [1.165, 1.54) is 12.8 Å². The molecule has 0 unspecified atom stereocenters. The molecule has 2 aromatic rings. The zero-order chi connectivity index (χ0) is 16.7. The van der Waals surface area contributed by atoms with Crippen molar-refractivity contribution in [3.8, 4) is 0 Å². The number of likely N-dealkylation sites (tertiary alicyclic amines) is 1. The summed E-state index contributed by atoms with van der Waals surface area (Å²) in [6.07, 6.45) is 3.67. The lowest BCUT2D eigenvalue weighted by molar-refractivity contribution is 0.210. The van der Waals surface area contributed by atoms with Crippen LogP contribution in [0.3, 0.4) is 0 Å². The Morgan fingerprint density at radius 3 is 2.71 bits per heavy atom. The van der Waals surface area contributed by atoms with Crippen molar-refractivity contribution in [2.24, 2.45) is 7.05 Å². The summed E-state index contributed by atoms with van der Waals surface area (Å²) in [7, 11) is 4.27. The highest BCUT2D eigenvalue weighted by Gasteiger charge is 2.31. The third-order valence-corrected chi connectivity index (χ3v) is 5.13. The second kappa shape index (κ2) is 6.25. The van der Waals surface area contributed by atoms with Gasteiger partial charge in [-0.25, -0.2) is 0 Å². The quantitative estimate of drug-likeness (QED) is 0.784. The summed E-state index contributed by atoms with van der Waals surface area (Å²) in [5.74, 6) is 4.19. The number of hydrogen-bond donors (Lipinski definition) is 0. The molecule has 1 aliphatic carbocycles. The molecule has 8 heteroatoms. The van der Waals surface area contributed by atoms with Crippen LogP contribution < -0.4 is 0 Å². The SMILES string of the molecule is Cc1nnc(CN2CC[C@@H](N(C)Cc3nnc(C4CC4)n3C)C2)o1. The van der Waals surface area contributed by atoms with Crippen LogP contribution in [0.2, 0.25) is 0 Å². The molecule has 0 amide bonds. The molecule has 0 bridgehead atoms. The van der Waals surface area contributed by atoms with E-state index in [1.807, 2.05) is 6.92 Å². The van der Waals surface area contributed by atoms with Gasteiger partial charge in [-0.05, 0) is 26.3 Å². The van der Waals surface area contributed by atoms with E-state index in [-0.39, 0.29) is 0 Å². The largest absolute Gasteiger partial charge is 0.424 e. The summed E-state index contributed by atoms with van der Waals surface area (Å²) in [4.78, 5) is 4.76. The van der Waals surface area contributed by atoms with Gasteiger partial charge in [-0.1, -0.05) is 0 Å². The van der Waals surface area contributed by atoms with Gasteiger partial charge in [-0.2, -0.15) is 0 Å². The maximum absolute atomic E-state index is 5.48. The van der Waals surface area contributed by atoms with Gasteiger partial charge in [-0.3, -0.25) is 9.80 Å². The minimum absolute atomic E-state index is 0.523. The lowest BCUT2D eigenvalue weighted by atomic mass is 10.2. The van der Waals surface area contributed by atoms with Crippen molar-refractivity contribution in [2.45, 2.75) is 51.2 Å². The summed E-state index contributed by atoms with van der Waals surface area (Å²) in [5.41, 5.74) is 0. The van der Waals surface area contributed by atoms with Crippen molar-refractivity contribution in [1.82, 2.24) is 34.8 Å². The van der Waals surface area contributed by atoms with Crippen LogP contribution in [0.15, 0.2) is 4.42 Å². The van der Waals surface area contributed by atoms with Gasteiger partial charge in [-0.15, -0.1) is 20.4 Å². The molecule has 1 atom stereocenters. The molecule has 1 saturated carbocycles. The van der Waals surface area contributed by atoms with E-state index >= 15 is 0 Å². The number of hydrogen-bond acceptors (Lipinski definition) is 7. The van der Waals surface area contributed by atoms with Crippen molar-refractivity contribution in [3.63, 3.8) is 0 Å². The van der Waals surface area contributed by atoms with E-state index in [2.05, 4.69) is 48.9 Å². The first-order valence-corrected chi connectivity index (χ1v) is 8.70. The van der Waals surface area contributed by atoms with Gasteiger partial charge in [0.15, 0.2) is 0 Å². The monoisotopic (exact) mass is 331 g/mol. The van der Waals surface area contributed by atoms with Crippen LogP contribution in [-0.2, 0) is 20.1 Å². The number of nitrogens with zero attached hydrogens (tertiary/aromatic N) is 7. The predicted octanol–water partition coefficient (Wildman–Crippen LogP) is 1.09. The van der Waals surface area contributed by atoms with Crippen molar-refractivity contribution in [2.75, 3.05) is 20.1 Å². The van der Waals surface area contributed by atoms with Gasteiger partial charge in [0, 0.05) is 39.0 Å². The highest BCUT2D eigenvalue weighted by Crippen LogP contribution is 2.38. The lowest BCUT2D eigenvalue weighted by Crippen LogP contribution is -2.34. The summed E-state index contributed by atoms with van der Waals surface area (Å²) in [5, 5.41) is 16.8. The molecular formula is C16H25N7O. The van der Waals surface area contributed by atoms with Crippen LogP contribution in [0.1, 0.15) is 48.6 Å². The molecule has 130 valence electrons. The van der Waals surface area contributed by atoms with Crippen LogP contribution in [0.4, 0.5) is 0 Å². The summed E-state index contributed by atoms with van der Waals surface area (Å²) in [6.45, 7) is 5.48. The molecular weight excluding hydrogens is 306 g/mol. The maximum Gasteiger partial charge on any atom is 0.230 e. The van der Waals surface area contributed by atoms with E-state index in [9.17, 15) is 0 Å². The van der Waals surface area contributed by atoms with Crippen LogP contribution in [0.25, 0.3) is 0 Å². The van der Waals surface area contributed by atoms with E-state index in [1.54, 1.807) is 0 Å². The van der Waals surface area contributed by atoms with Crippen LogP contribution >= 0.6 is 0 Å². The maximum atomic E-state index is 5.48. The Balaban J connectivity index is 1.33. The van der Waals surface area contributed by atoms with Crippen molar-refractivity contribution in [1.29, 1.82) is 0 Å². The molecule has 2 aromatic heterocycles. The highest BCUT2D eigenvalue weighted by molar-refractivity contribution is 5.07. The topological polar surface area (TPSA) is 76.1 Å². The molecule has 2 fully saturated rings. The molecule has 0 radical (unpaired) electrons. The molecule has 0 N–H and O–H groups in total. The fraction of sp³-hybridized carbons (Fsp3) is 0.750. The normalized spacial score (nSPS) is 21.9. The van der Waals surface area contributed by atoms with E-state index in [0.29, 0.717) is 23.7 Å². The first kappa shape index (κ1) is 15.7. The second-order valence-electron chi connectivity index (χ2n) is 7.12. The third kappa shape index (κ3) is 3.21. The van der Waals surface area contributed by atoms with E-state index in [0.717, 1.165) is 44.2 Å². The van der Waals surface area contributed by atoms with Crippen molar-refractivity contribution < 1.29 is 4.42 Å². The zero-order valence-electron chi connectivity index (χ0n) is 14.6. The minimum Gasteiger partial charge on any atom is -0.424 e. The first-order valence-electron chi connectivity index (χ1n) is 8.70. The van der Waals surface area contributed by atoms with Gasteiger partial charge in [0.05, 0.1) is 13.1 Å². The molecule has 1 saturated heterocycles. The van der Waals surface area contributed by atoms with Crippen LogP contribution in [0, 0.1) is 6.92 Å². The van der Waals surface area contributed by atoms with Gasteiger partial charge in [0.1, 0.15) is 11.6 Å². The first-order chi connectivity index (χ1) is 11.6. The minimum atomic E-state index is 0.523. The summed E-state index contributed by atoms with van der Waals surface area (Å²) >= 11 is 0. The van der Waals surface area contributed by atoms with Crippen LogP contribution in [-0.4, -0.2) is 60.9 Å². The predicted molar refractivity (Wildman–Crippen MR) is 87.2 cm³/mol. The average molecular weight is 331 g/mol. The smallest absolute Gasteiger partial charge is 0.230 e. The molecule has 1 aliphatic heterocycles. The Labute approximate surface area is 141 Å². The van der Waals surface area contributed by atoms with Gasteiger partial charge < -0.3 is 8.98 Å². The summed E-state index contributed by atoms with van der Waals surface area (Å²) in [6, 6.07) is 0.523. The standard InChI is InChI=1S/C16H25N7O/c1-11-17-19-15(24-11)10-23-7-6-13(8-23)21(2)9-14-18-20-16(22(14)3)12-4-5-12/h12-13H,4-10H2,1-3H3/t13-/m1/s1. The molecule has 3 heterocycles. The lowest BCUT2D eigenvalue weighted by Gasteiger charge is -2.24. The number of aromatic nitrogens is 5. The van der Waals surface area contributed by atoms with Gasteiger partial charge >= 0.3 is 0 Å². The summed E-state index contributed by atoms with van der Waals surface area (Å²) < 4.78 is 7.67. The van der Waals surface area contributed by atoms with Gasteiger partial charge in [0.2, 0.25) is 11.8 Å². The van der Waals surface area contributed by atoms with E-state index in [4.69, 9.17) is 4.42 Å². The Hall–Kier alpha value is -1.80. The Morgan fingerprint density at radius 2 is 2.00 bits per heavy atom. The second-order valence-corrected chi connectivity index (χ2v) is 7.12. The Morgan fingerprint density at radius 1 is 1.17 bits per heavy atom. The fourth-order valence-electron chi connectivity index (χ4n) is 3.47. The molecule has 4 rings (SSSR count). The Kier molecular flexibility index (Phi) is 4.09. The van der Waals surface area contributed by atoms with Gasteiger partial charge in [0.25, 0.3) is 0 Å².